The zero-order valence-corrected chi connectivity index (χ0v) is 8.62. The van der Waals surface area contributed by atoms with Crippen LogP contribution in [-0.4, -0.2) is 0 Å². The van der Waals surface area contributed by atoms with Crippen LogP contribution in [0.1, 0.15) is 5.56 Å². The third kappa shape index (κ3) is 2.49. The molecular formula is C7H7BrCl2. The van der Waals surface area contributed by atoms with Gasteiger partial charge in [0.15, 0.2) is 0 Å². The van der Waals surface area contributed by atoms with Crippen molar-refractivity contribution in [1.29, 1.82) is 0 Å². The van der Waals surface area contributed by atoms with Crippen LogP contribution in [0.4, 0.5) is 0 Å². The second-order valence-corrected chi connectivity index (χ2v) is 2.74. The molecule has 0 aliphatic heterocycles. The second-order valence-electron chi connectivity index (χ2n) is 1.89. The molecule has 0 spiro atoms. The maximum Gasteiger partial charge on any atom is 0.0436 e. The molecule has 0 nitrogen and oxygen atoms in total. The van der Waals surface area contributed by atoms with Gasteiger partial charge in [-0.2, -0.15) is 0 Å². The average molecular weight is 242 g/mol. The van der Waals surface area contributed by atoms with Crippen LogP contribution in [0.25, 0.3) is 0 Å². The van der Waals surface area contributed by atoms with Gasteiger partial charge in [-0.25, -0.2) is 0 Å². The van der Waals surface area contributed by atoms with Gasteiger partial charge in [-0.3, -0.25) is 0 Å². The van der Waals surface area contributed by atoms with Crippen molar-refractivity contribution in [1.82, 2.24) is 0 Å². The Morgan fingerprint density at radius 3 is 2.20 bits per heavy atom. The molecule has 0 saturated carbocycles. The first-order valence-corrected chi connectivity index (χ1v) is 3.37. The van der Waals surface area contributed by atoms with Crippen LogP contribution in [0, 0.1) is 6.92 Å². The molecule has 0 aromatic heterocycles. The topological polar surface area (TPSA) is 0 Å². The summed E-state index contributed by atoms with van der Waals surface area (Å²) in [4.78, 5) is 0. The lowest BCUT2D eigenvalue weighted by molar-refractivity contribution is 1.47. The predicted molar refractivity (Wildman–Crippen MR) is 51.5 cm³/mol. The van der Waals surface area contributed by atoms with Crippen molar-refractivity contribution >= 4 is 40.2 Å². The van der Waals surface area contributed by atoms with E-state index in [4.69, 9.17) is 23.2 Å². The number of benzene rings is 1. The van der Waals surface area contributed by atoms with Crippen molar-refractivity contribution in [3.8, 4) is 0 Å². The van der Waals surface area contributed by atoms with Crippen LogP contribution in [-0.2, 0) is 0 Å². The van der Waals surface area contributed by atoms with E-state index in [1.165, 1.54) is 0 Å². The molecule has 0 saturated heterocycles. The van der Waals surface area contributed by atoms with E-state index < -0.39 is 0 Å². The van der Waals surface area contributed by atoms with Crippen LogP contribution in [0.15, 0.2) is 18.2 Å². The van der Waals surface area contributed by atoms with Gasteiger partial charge in [0, 0.05) is 10.0 Å². The quantitative estimate of drug-likeness (QED) is 0.647. The van der Waals surface area contributed by atoms with E-state index >= 15 is 0 Å². The Morgan fingerprint density at radius 1 is 1.20 bits per heavy atom. The summed E-state index contributed by atoms with van der Waals surface area (Å²) in [6, 6.07) is 5.40. The summed E-state index contributed by atoms with van der Waals surface area (Å²) in [5.74, 6) is 0. The molecule has 0 heterocycles. The fourth-order valence-electron chi connectivity index (χ4n) is 0.608. The Hall–Kier alpha value is 0.280. The summed E-state index contributed by atoms with van der Waals surface area (Å²) in [6.07, 6.45) is 0. The van der Waals surface area contributed by atoms with Gasteiger partial charge in [0.25, 0.3) is 0 Å². The lowest BCUT2D eigenvalue weighted by atomic mass is 10.2. The Balaban J connectivity index is 0.000000810. The summed E-state index contributed by atoms with van der Waals surface area (Å²) in [5.41, 5.74) is 1.02. The molecule has 1 aromatic rings. The Kier molecular flexibility index (Phi) is 4.34. The van der Waals surface area contributed by atoms with Crippen molar-refractivity contribution in [2.24, 2.45) is 0 Å². The van der Waals surface area contributed by atoms with Crippen molar-refractivity contribution in [3.63, 3.8) is 0 Å². The van der Waals surface area contributed by atoms with Gasteiger partial charge in [-0.15, -0.1) is 17.0 Å². The number of hydrogen-bond donors (Lipinski definition) is 0. The van der Waals surface area contributed by atoms with Gasteiger partial charge in [0.05, 0.1) is 0 Å². The van der Waals surface area contributed by atoms with Crippen LogP contribution in [0.2, 0.25) is 10.0 Å². The molecule has 0 bridgehead atoms. The Morgan fingerprint density at radius 2 is 1.80 bits per heavy atom. The Labute approximate surface area is 80.9 Å². The highest BCUT2D eigenvalue weighted by atomic mass is 79.9. The highest BCUT2D eigenvalue weighted by molar-refractivity contribution is 8.93. The molecule has 0 amide bonds. The molecule has 10 heavy (non-hydrogen) atoms. The second kappa shape index (κ2) is 4.22. The third-order valence-corrected chi connectivity index (χ3v) is 1.78. The van der Waals surface area contributed by atoms with Gasteiger partial charge >= 0.3 is 0 Å². The predicted octanol–water partition coefficient (Wildman–Crippen LogP) is 3.88. The zero-order chi connectivity index (χ0) is 6.85. The number of hydrogen-bond acceptors (Lipinski definition) is 0. The van der Waals surface area contributed by atoms with E-state index in [2.05, 4.69) is 0 Å². The van der Waals surface area contributed by atoms with E-state index in [0.29, 0.717) is 0 Å². The van der Waals surface area contributed by atoms with Gasteiger partial charge in [0.2, 0.25) is 0 Å². The van der Waals surface area contributed by atoms with Crippen LogP contribution >= 0.6 is 40.2 Å². The number of rotatable bonds is 0. The molecule has 0 atom stereocenters. The van der Waals surface area contributed by atoms with Gasteiger partial charge in [-0.1, -0.05) is 23.2 Å². The van der Waals surface area contributed by atoms with Gasteiger partial charge in [-0.05, 0) is 30.7 Å². The number of aryl methyl sites for hydroxylation is 1. The van der Waals surface area contributed by atoms with Crippen molar-refractivity contribution < 1.29 is 0 Å². The smallest absolute Gasteiger partial charge is 0.0436 e. The molecule has 1 rings (SSSR count). The average Bonchev–Trinajstić information content (AvgIpc) is 1.80. The largest absolute Gasteiger partial charge is 0.114 e. The summed E-state index contributed by atoms with van der Waals surface area (Å²) in [7, 11) is 0. The van der Waals surface area contributed by atoms with E-state index in [-0.39, 0.29) is 17.0 Å². The highest BCUT2D eigenvalue weighted by Crippen LogP contribution is 2.18. The molecule has 0 unspecified atom stereocenters. The highest BCUT2D eigenvalue weighted by Gasteiger charge is 1.92. The van der Waals surface area contributed by atoms with Crippen LogP contribution in [0.5, 0.6) is 0 Å². The molecule has 0 N–H and O–H groups in total. The minimum Gasteiger partial charge on any atom is -0.114 e. The van der Waals surface area contributed by atoms with E-state index in [1.54, 1.807) is 12.1 Å². The lowest BCUT2D eigenvalue weighted by Gasteiger charge is -1.94. The third-order valence-electron chi connectivity index (χ3n) is 1.12. The molecule has 0 radical (unpaired) electrons. The molecule has 1 aromatic carbocycles. The fourth-order valence-corrected chi connectivity index (χ4v) is 0.952. The summed E-state index contributed by atoms with van der Waals surface area (Å²) < 4.78 is 0. The van der Waals surface area contributed by atoms with E-state index in [1.807, 2.05) is 13.0 Å². The summed E-state index contributed by atoms with van der Waals surface area (Å²) in [6.45, 7) is 1.92. The minimum absolute atomic E-state index is 0. The molecule has 56 valence electrons. The zero-order valence-electron chi connectivity index (χ0n) is 5.40. The van der Waals surface area contributed by atoms with E-state index in [0.717, 1.165) is 15.6 Å². The van der Waals surface area contributed by atoms with Crippen molar-refractivity contribution in [2.75, 3.05) is 0 Å². The molecule has 0 aliphatic rings. The minimum atomic E-state index is 0. The van der Waals surface area contributed by atoms with Gasteiger partial charge in [0.1, 0.15) is 0 Å². The normalized spacial score (nSPS) is 8.70. The first kappa shape index (κ1) is 10.3. The maximum absolute atomic E-state index is 5.72. The SMILES string of the molecule is Br.Cc1cc(Cl)ccc1Cl. The molecule has 3 heteroatoms. The summed E-state index contributed by atoms with van der Waals surface area (Å²) >= 11 is 11.4. The van der Waals surface area contributed by atoms with Crippen molar-refractivity contribution in [2.45, 2.75) is 6.92 Å². The first-order chi connectivity index (χ1) is 4.20. The molecule has 0 fully saturated rings. The van der Waals surface area contributed by atoms with Crippen molar-refractivity contribution in [3.05, 3.63) is 33.8 Å². The standard InChI is InChI=1S/C7H6Cl2.BrH/c1-5-4-6(8)2-3-7(5)9;/h2-4H,1H3;1H. The fraction of sp³-hybridized carbons (Fsp3) is 0.143. The molecule has 0 aliphatic carbocycles. The maximum atomic E-state index is 5.72. The molecular weight excluding hydrogens is 235 g/mol. The van der Waals surface area contributed by atoms with Crippen LogP contribution < -0.4 is 0 Å². The van der Waals surface area contributed by atoms with Crippen LogP contribution in [0.3, 0.4) is 0 Å². The van der Waals surface area contributed by atoms with E-state index in [9.17, 15) is 0 Å². The van der Waals surface area contributed by atoms with Gasteiger partial charge < -0.3 is 0 Å². The number of halogens is 3. The summed E-state index contributed by atoms with van der Waals surface area (Å²) in [5, 5.41) is 1.50. The monoisotopic (exact) mass is 240 g/mol. The first-order valence-electron chi connectivity index (χ1n) is 2.62. The Bertz CT molecular complexity index is 223. The lowest BCUT2D eigenvalue weighted by Crippen LogP contribution is -1.72.